The number of carbonyl (C=O) groups excluding carboxylic acids is 2. The van der Waals surface area contributed by atoms with Crippen LogP contribution < -0.4 is 10.6 Å². The normalized spacial score (nSPS) is 13.6. The predicted octanol–water partition coefficient (Wildman–Crippen LogP) is 3.11. The molecule has 2 atom stereocenters. The summed E-state index contributed by atoms with van der Waals surface area (Å²) in [6, 6.07) is 7.76. The molecule has 0 unspecified atom stereocenters. The van der Waals surface area contributed by atoms with Gasteiger partial charge in [-0.15, -0.1) is 0 Å². The second-order valence-electron chi connectivity index (χ2n) is 6.92. The van der Waals surface area contributed by atoms with E-state index in [1.165, 1.54) is 11.3 Å². The molecule has 1 aromatic carbocycles. The lowest BCUT2D eigenvalue weighted by atomic mass is 9.96. The van der Waals surface area contributed by atoms with Crippen molar-refractivity contribution in [1.29, 1.82) is 0 Å². The number of aromatic nitrogens is 1. The summed E-state index contributed by atoms with van der Waals surface area (Å²) in [5.41, 5.74) is -0.499. The zero-order valence-corrected chi connectivity index (χ0v) is 17.8. The van der Waals surface area contributed by atoms with Gasteiger partial charge in [-0.3, -0.25) is 9.59 Å². The SMILES string of the molecule is CCC[C@H](NC(=O)[C@H](O)c1ccccc1)C(=O)Nc1ncc(C(O)(CC)CC)s1. The van der Waals surface area contributed by atoms with Gasteiger partial charge in [0.25, 0.3) is 5.91 Å². The summed E-state index contributed by atoms with van der Waals surface area (Å²) >= 11 is 1.22. The Hall–Kier alpha value is -2.29. The lowest BCUT2D eigenvalue weighted by molar-refractivity contribution is -0.133. The Balaban J connectivity index is 2.06. The molecule has 158 valence electrons. The average Bonchev–Trinajstić information content (AvgIpc) is 3.21. The zero-order valence-electron chi connectivity index (χ0n) is 17.0. The molecule has 0 bridgehead atoms. The monoisotopic (exact) mass is 419 g/mol. The van der Waals surface area contributed by atoms with Gasteiger partial charge in [-0.1, -0.05) is 68.9 Å². The first-order valence-electron chi connectivity index (χ1n) is 9.87. The van der Waals surface area contributed by atoms with Gasteiger partial charge in [0.05, 0.1) is 10.5 Å². The van der Waals surface area contributed by atoms with E-state index in [2.05, 4.69) is 15.6 Å². The fourth-order valence-electron chi connectivity index (χ4n) is 2.93. The lowest BCUT2D eigenvalue weighted by Crippen LogP contribution is -2.45. The van der Waals surface area contributed by atoms with Crippen molar-refractivity contribution in [2.45, 2.75) is 64.2 Å². The van der Waals surface area contributed by atoms with Gasteiger partial charge in [0.2, 0.25) is 5.91 Å². The minimum absolute atomic E-state index is 0.365. The molecule has 2 aromatic rings. The highest BCUT2D eigenvalue weighted by Gasteiger charge is 2.29. The predicted molar refractivity (Wildman–Crippen MR) is 113 cm³/mol. The summed E-state index contributed by atoms with van der Waals surface area (Å²) in [6.45, 7) is 5.70. The van der Waals surface area contributed by atoms with E-state index in [0.717, 1.165) is 0 Å². The fraction of sp³-hybridized carbons (Fsp3) is 0.476. The third-order valence-electron chi connectivity index (χ3n) is 4.94. The molecule has 8 heteroatoms. The van der Waals surface area contributed by atoms with Crippen LogP contribution in [0, 0.1) is 0 Å². The number of rotatable bonds is 10. The second kappa shape index (κ2) is 10.5. The van der Waals surface area contributed by atoms with Gasteiger partial charge in [0, 0.05) is 6.20 Å². The number of anilines is 1. The van der Waals surface area contributed by atoms with Crippen molar-refractivity contribution in [2.75, 3.05) is 5.32 Å². The van der Waals surface area contributed by atoms with Gasteiger partial charge >= 0.3 is 0 Å². The number of aliphatic hydroxyl groups excluding tert-OH is 1. The molecule has 0 radical (unpaired) electrons. The Morgan fingerprint density at radius 3 is 2.38 bits per heavy atom. The molecule has 0 aliphatic heterocycles. The second-order valence-corrected chi connectivity index (χ2v) is 7.95. The maximum atomic E-state index is 12.7. The van der Waals surface area contributed by atoms with Crippen LogP contribution in [0.2, 0.25) is 0 Å². The van der Waals surface area contributed by atoms with Crippen molar-refractivity contribution in [3.8, 4) is 0 Å². The van der Waals surface area contributed by atoms with Crippen LogP contribution in [0.4, 0.5) is 5.13 Å². The van der Waals surface area contributed by atoms with E-state index in [0.29, 0.717) is 41.3 Å². The topological polar surface area (TPSA) is 112 Å². The van der Waals surface area contributed by atoms with Crippen molar-refractivity contribution >= 4 is 28.3 Å². The van der Waals surface area contributed by atoms with Gasteiger partial charge in [-0.05, 0) is 24.8 Å². The van der Waals surface area contributed by atoms with Crippen molar-refractivity contribution in [3.63, 3.8) is 0 Å². The number of benzene rings is 1. The lowest BCUT2D eigenvalue weighted by Gasteiger charge is -2.22. The summed E-state index contributed by atoms with van der Waals surface area (Å²) in [6.07, 6.45) is 2.41. The molecule has 4 N–H and O–H groups in total. The van der Waals surface area contributed by atoms with Crippen LogP contribution in [0.15, 0.2) is 36.5 Å². The molecule has 0 saturated heterocycles. The first-order chi connectivity index (χ1) is 13.8. The minimum Gasteiger partial charge on any atom is -0.384 e. The molecule has 0 spiro atoms. The van der Waals surface area contributed by atoms with Gasteiger partial charge in [-0.25, -0.2) is 4.98 Å². The quantitative estimate of drug-likeness (QED) is 0.473. The molecular weight excluding hydrogens is 390 g/mol. The van der Waals surface area contributed by atoms with E-state index in [-0.39, 0.29) is 0 Å². The van der Waals surface area contributed by atoms with Crippen LogP contribution in [0.1, 0.15) is 63.0 Å². The number of thiazole rings is 1. The third kappa shape index (κ3) is 5.85. The van der Waals surface area contributed by atoms with E-state index in [9.17, 15) is 19.8 Å². The number of hydrogen-bond acceptors (Lipinski definition) is 6. The van der Waals surface area contributed by atoms with Gasteiger partial charge in [-0.2, -0.15) is 0 Å². The Labute approximate surface area is 175 Å². The van der Waals surface area contributed by atoms with Crippen molar-refractivity contribution in [1.82, 2.24) is 10.3 Å². The third-order valence-corrected chi connectivity index (χ3v) is 6.04. The van der Waals surface area contributed by atoms with Crippen LogP contribution in [0.5, 0.6) is 0 Å². The van der Waals surface area contributed by atoms with Crippen LogP contribution >= 0.6 is 11.3 Å². The number of carbonyl (C=O) groups is 2. The summed E-state index contributed by atoms with van der Waals surface area (Å²) in [5, 5.41) is 26.5. The van der Waals surface area contributed by atoms with Crippen molar-refractivity contribution < 1.29 is 19.8 Å². The van der Waals surface area contributed by atoms with Crippen LogP contribution in [-0.2, 0) is 15.2 Å². The smallest absolute Gasteiger partial charge is 0.254 e. The van der Waals surface area contributed by atoms with Gasteiger partial charge < -0.3 is 20.8 Å². The maximum Gasteiger partial charge on any atom is 0.254 e. The standard InChI is InChI=1S/C21H29N3O4S/c1-4-10-15(23-19(27)17(25)14-11-8-7-9-12-14)18(26)24-20-22-13-16(29-20)21(28,5-2)6-3/h7-9,11-13,15,17,25,28H,4-6,10H2,1-3H3,(H,23,27)(H,22,24,26)/t15-,17+/m0/s1. The molecule has 1 heterocycles. The summed E-state index contributed by atoms with van der Waals surface area (Å²) < 4.78 is 0. The number of nitrogens with one attached hydrogen (secondary N) is 2. The molecule has 0 aliphatic carbocycles. The van der Waals surface area contributed by atoms with E-state index in [1.807, 2.05) is 20.8 Å². The minimum atomic E-state index is -1.35. The Bertz CT molecular complexity index is 805. The average molecular weight is 420 g/mol. The van der Waals surface area contributed by atoms with Crippen molar-refractivity contribution in [3.05, 3.63) is 47.0 Å². The molecule has 0 aliphatic rings. The Morgan fingerprint density at radius 2 is 1.79 bits per heavy atom. The van der Waals surface area contributed by atoms with Crippen LogP contribution in [0.3, 0.4) is 0 Å². The van der Waals surface area contributed by atoms with E-state index >= 15 is 0 Å². The van der Waals surface area contributed by atoms with E-state index in [4.69, 9.17) is 0 Å². The molecule has 7 nitrogen and oxygen atoms in total. The number of aliphatic hydroxyl groups is 2. The highest BCUT2D eigenvalue weighted by molar-refractivity contribution is 7.15. The van der Waals surface area contributed by atoms with Gasteiger partial charge in [0.15, 0.2) is 11.2 Å². The molecule has 29 heavy (non-hydrogen) atoms. The van der Waals surface area contributed by atoms with E-state index < -0.39 is 29.6 Å². The first-order valence-corrected chi connectivity index (χ1v) is 10.7. The maximum absolute atomic E-state index is 12.7. The molecule has 0 fully saturated rings. The van der Waals surface area contributed by atoms with Gasteiger partial charge in [0.1, 0.15) is 6.04 Å². The number of nitrogens with zero attached hydrogens (tertiary/aromatic N) is 1. The zero-order chi connectivity index (χ0) is 21.4. The highest BCUT2D eigenvalue weighted by Crippen LogP contribution is 2.34. The van der Waals surface area contributed by atoms with E-state index in [1.54, 1.807) is 36.5 Å². The first kappa shape index (κ1) is 23.0. The number of amides is 2. The molecule has 0 saturated carbocycles. The van der Waals surface area contributed by atoms with Crippen LogP contribution in [0.25, 0.3) is 0 Å². The summed E-state index contributed by atoms with van der Waals surface area (Å²) in [5.74, 6) is -1.03. The number of hydrogen-bond donors (Lipinski definition) is 4. The summed E-state index contributed by atoms with van der Waals surface area (Å²) in [4.78, 5) is 30.0. The molecule has 2 amide bonds. The van der Waals surface area contributed by atoms with Crippen molar-refractivity contribution in [2.24, 2.45) is 0 Å². The summed E-state index contributed by atoms with van der Waals surface area (Å²) in [7, 11) is 0. The molecule has 2 rings (SSSR count). The Morgan fingerprint density at radius 1 is 1.14 bits per heavy atom. The largest absolute Gasteiger partial charge is 0.384 e. The molecule has 1 aromatic heterocycles. The fourth-order valence-corrected chi connectivity index (χ4v) is 3.98. The molecular formula is C21H29N3O4S. The van der Waals surface area contributed by atoms with Crippen LogP contribution in [-0.4, -0.2) is 33.1 Å². The Kier molecular flexibility index (Phi) is 8.31. The highest BCUT2D eigenvalue weighted by atomic mass is 32.1.